The minimum atomic E-state index is 0.196. The van der Waals surface area contributed by atoms with E-state index in [9.17, 15) is 0 Å². The molecule has 0 aromatic heterocycles. The Balaban J connectivity index is 2.44. The highest BCUT2D eigenvalue weighted by atomic mass is 16.5. The maximum absolute atomic E-state index is 6.12. The molecule has 1 saturated carbocycles. The van der Waals surface area contributed by atoms with Gasteiger partial charge in [-0.15, -0.1) is 0 Å². The Labute approximate surface area is 106 Å². The van der Waals surface area contributed by atoms with Crippen molar-refractivity contribution in [3.63, 3.8) is 0 Å². The zero-order valence-electron chi connectivity index (χ0n) is 11.9. The maximum Gasteiger partial charge on any atom is 0.0784 e. The van der Waals surface area contributed by atoms with E-state index in [-0.39, 0.29) is 6.10 Å². The molecule has 4 atom stereocenters. The lowest BCUT2D eigenvalue weighted by atomic mass is 9.81. The van der Waals surface area contributed by atoms with E-state index in [1.54, 1.807) is 7.11 Å². The predicted octanol–water partition coefficient (Wildman–Crippen LogP) is 2.59. The summed E-state index contributed by atoms with van der Waals surface area (Å²) in [5.74, 6) is 0.851. The summed E-state index contributed by atoms with van der Waals surface area (Å²) in [7, 11) is 3.78. The van der Waals surface area contributed by atoms with E-state index in [1.165, 1.54) is 32.1 Å². The average molecular weight is 243 g/mol. The highest BCUT2D eigenvalue weighted by Gasteiger charge is 2.30. The number of methoxy groups -OCH3 is 1. The first-order valence-electron chi connectivity index (χ1n) is 7.02. The molecule has 0 amide bonds. The third kappa shape index (κ3) is 4.94. The van der Waals surface area contributed by atoms with Crippen LogP contribution in [-0.2, 0) is 9.47 Å². The zero-order valence-corrected chi connectivity index (χ0v) is 11.9. The summed E-state index contributed by atoms with van der Waals surface area (Å²) in [6.07, 6.45) is 6.97. The van der Waals surface area contributed by atoms with Gasteiger partial charge in [0.1, 0.15) is 0 Å². The topological polar surface area (TPSA) is 30.5 Å². The van der Waals surface area contributed by atoms with Crippen LogP contribution in [0.25, 0.3) is 0 Å². The van der Waals surface area contributed by atoms with Gasteiger partial charge in [0.15, 0.2) is 0 Å². The van der Waals surface area contributed by atoms with Crippen LogP contribution in [0, 0.1) is 5.92 Å². The molecule has 0 bridgehead atoms. The number of hydrogen-bond acceptors (Lipinski definition) is 3. The van der Waals surface area contributed by atoms with Crippen molar-refractivity contribution in [1.29, 1.82) is 0 Å². The molecule has 1 N–H and O–H groups in total. The molecule has 1 aliphatic carbocycles. The standard InChI is InChI=1S/C14H29NO2/c1-5-6-12-7-8-13(15-3)14(9-12)17-11(2)10-16-4/h11-15H,5-10H2,1-4H3. The van der Waals surface area contributed by atoms with Gasteiger partial charge in [-0.1, -0.05) is 19.8 Å². The number of hydrogen-bond donors (Lipinski definition) is 1. The summed E-state index contributed by atoms with van der Waals surface area (Å²) in [6.45, 7) is 5.05. The fourth-order valence-electron chi connectivity index (χ4n) is 2.94. The van der Waals surface area contributed by atoms with Gasteiger partial charge in [-0.25, -0.2) is 0 Å². The summed E-state index contributed by atoms with van der Waals surface area (Å²) in [6, 6.07) is 0.516. The molecule has 0 aliphatic heterocycles. The van der Waals surface area contributed by atoms with Gasteiger partial charge < -0.3 is 14.8 Å². The average Bonchev–Trinajstić information content (AvgIpc) is 2.30. The Morgan fingerprint density at radius 2 is 2.12 bits per heavy atom. The van der Waals surface area contributed by atoms with Crippen LogP contribution in [0.15, 0.2) is 0 Å². The highest BCUT2D eigenvalue weighted by molar-refractivity contribution is 4.85. The van der Waals surface area contributed by atoms with Gasteiger partial charge in [-0.3, -0.25) is 0 Å². The molecule has 102 valence electrons. The van der Waals surface area contributed by atoms with E-state index in [0.29, 0.717) is 18.8 Å². The number of rotatable bonds is 7. The smallest absolute Gasteiger partial charge is 0.0784 e. The fourth-order valence-corrected chi connectivity index (χ4v) is 2.94. The maximum atomic E-state index is 6.12. The first-order valence-corrected chi connectivity index (χ1v) is 7.02. The summed E-state index contributed by atoms with van der Waals surface area (Å²) >= 11 is 0. The quantitative estimate of drug-likeness (QED) is 0.745. The van der Waals surface area contributed by atoms with Gasteiger partial charge in [-0.05, 0) is 39.2 Å². The van der Waals surface area contributed by atoms with Crippen molar-refractivity contribution in [2.75, 3.05) is 20.8 Å². The van der Waals surface area contributed by atoms with Gasteiger partial charge in [0.2, 0.25) is 0 Å². The molecule has 0 spiro atoms. The number of ether oxygens (including phenoxy) is 2. The van der Waals surface area contributed by atoms with Gasteiger partial charge in [0, 0.05) is 13.2 Å². The SMILES string of the molecule is CCCC1CCC(NC)C(OC(C)COC)C1. The molecule has 0 aromatic carbocycles. The van der Waals surface area contributed by atoms with Gasteiger partial charge >= 0.3 is 0 Å². The number of likely N-dealkylation sites (N-methyl/N-ethyl adjacent to an activating group) is 1. The molecular weight excluding hydrogens is 214 g/mol. The van der Waals surface area contributed by atoms with Crippen LogP contribution in [-0.4, -0.2) is 39.0 Å². The molecule has 4 unspecified atom stereocenters. The molecule has 3 heteroatoms. The monoisotopic (exact) mass is 243 g/mol. The predicted molar refractivity (Wildman–Crippen MR) is 71.3 cm³/mol. The second-order valence-electron chi connectivity index (χ2n) is 5.30. The normalized spacial score (nSPS) is 31.4. The molecule has 3 nitrogen and oxygen atoms in total. The second-order valence-corrected chi connectivity index (χ2v) is 5.30. The van der Waals surface area contributed by atoms with Crippen LogP contribution in [0.5, 0.6) is 0 Å². The second kappa shape index (κ2) is 8.06. The summed E-state index contributed by atoms with van der Waals surface area (Å²) in [5.41, 5.74) is 0. The molecule has 1 fully saturated rings. The van der Waals surface area contributed by atoms with Crippen LogP contribution in [0.4, 0.5) is 0 Å². The number of nitrogens with one attached hydrogen (secondary N) is 1. The lowest BCUT2D eigenvalue weighted by molar-refractivity contribution is -0.0733. The Hall–Kier alpha value is -0.120. The highest BCUT2D eigenvalue weighted by Crippen LogP contribution is 2.30. The van der Waals surface area contributed by atoms with Crippen molar-refractivity contribution >= 4 is 0 Å². The van der Waals surface area contributed by atoms with Crippen LogP contribution < -0.4 is 5.32 Å². The molecule has 1 rings (SSSR count). The molecular formula is C14H29NO2. The first-order chi connectivity index (χ1) is 8.21. The summed E-state index contributed by atoms with van der Waals surface area (Å²) in [4.78, 5) is 0. The Kier molecular flexibility index (Phi) is 7.09. The molecule has 0 heterocycles. The van der Waals surface area contributed by atoms with E-state index >= 15 is 0 Å². The van der Waals surface area contributed by atoms with Crippen LogP contribution in [0.3, 0.4) is 0 Å². The van der Waals surface area contributed by atoms with Crippen molar-refractivity contribution in [3.8, 4) is 0 Å². The lowest BCUT2D eigenvalue weighted by Gasteiger charge is -2.37. The minimum absolute atomic E-state index is 0.196. The van der Waals surface area contributed by atoms with Crippen LogP contribution >= 0.6 is 0 Å². The molecule has 1 aliphatic rings. The van der Waals surface area contributed by atoms with Crippen molar-refractivity contribution in [2.24, 2.45) is 5.92 Å². The van der Waals surface area contributed by atoms with Crippen LogP contribution in [0.2, 0.25) is 0 Å². The molecule has 0 radical (unpaired) electrons. The van der Waals surface area contributed by atoms with E-state index in [0.717, 1.165) is 5.92 Å². The molecule has 0 saturated heterocycles. The minimum Gasteiger partial charge on any atom is -0.382 e. The fraction of sp³-hybridized carbons (Fsp3) is 1.00. The van der Waals surface area contributed by atoms with E-state index < -0.39 is 0 Å². The van der Waals surface area contributed by atoms with Gasteiger partial charge in [0.05, 0.1) is 18.8 Å². The third-order valence-electron chi connectivity index (χ3n) is 3.78. The Morgan fingerprint density at radius 1 is 1.35 bits per heavy atom. The summed E-state index contributed by atoms with van der Waals surface area (Å²) in [5, 5.41) is 3.40. The van der Waals surface area contributed by atoms with Crippen molar-refractivity contribution in [2.45, 2.75) is 64.2 Å². The largest absolute Gasteiger partial charge is 0.382 e. The van der Waals surface area contributed by atoms with E-state index in [2.05, 4.69) is 19.2 Å². The third-order valence-corrected chi connectivity index (χ3v) is 3.78. The van der Waals surface area contributed by atoms with Crippen molar-refractivity contribution in [3.05, 3.63) is 0 Å². The van der Waals surface area contributed by atoms with Crippen molar-refractivity contribution in [1.82, 2.24) is 5.32 Å². The van der Waals surface area contributed by atoms with Crippen molar-refractivity contribution < 1.29 is 9.47 Å². The molecule has 0 aromatic rings. The van der Waals surface area contributed by atoms with Gasteiger partial charge in [0.25, 0.3) is 0 Å². The van der Waals surface area contributed by atoms with E-state index in [4.69, 9.17) is 9.47 Å². The van der Waals surface area contributed by atoms with Crippen LogP contribution in [0.1, 0.15) is 46.0 Å². The zero-order chi connectivity index (χ0) is 12.7. The van der Waals surface area contributed by atoms with Gasteiger partial charge in [-0.2, -0.15) is 0 Å². The first kappa shape index (κ1) is 14.9. The van der Waals surface area contributed by atoms with E-state index in [1.807, 2.05) is 7.05 Å². The molecule has 17 heavy (non-hydrogen) atoms. The Bertz CT molecular complexity index is 197. The lowest BCUT2D eigenvalue weighted by Crippen LogP contribution is -2.45. The summed E-state index contributed by atoms with van der Waals surface area (Å²) < 4.78 is 11.3. The Morgan fingerprint density at radius 3 is 2.71 bits per heavy atom.